The van der Waals surface area contributed by atoms with Gasteiger partial charge in [-0.05, 0) is 18.1 Å². The predicted molar refractivity (Wildman–Crippen MR) is 55.8 cm³/mol. The van der Waals surface area contributed by atoms with Gasteiger partial charge in [-0.25, -0.2) is 0 Å². The van der Waals surface area contributed by atoms with Gasteiger partial charge in [0.25, 0.3) is 0 Å². The maximum atomic E-state index is 11.3. The van der Waals surface area contributed by atoms with E-state index in [-0.39, 0.29) is 5.91 Å². The number of aromatic amines is 1. The largest absolute Gasteiger partial charge is 0.367 e. The maximum Gasteiger partial charge on any atom is 0.223 e. The van der Waals surface area contributed by atoms with Gasteiger partial charge < -0.3 is 15.6 Å². The fourth-order valence-corrected chi connectivity index (χ4v) is 1.25. The second kappa shape index (κ2) is 5.44. The molecule has 14 heavy (non-hydrogen) atoms. The van der Waals surface area contributed by atoms with Gasteiger partial charge in [0.05, 0.1) is 0 Å². The molecule has 4 nitrogen and oxygen atoms in total. The summed E-state index contributed by atoms with van der Waals surface area (Å²) >= 11 is 0. The molecule has 1 aromatic rings. The molecule has 0 aliphatic rings. The van der Waals surface area contributed by atoms with Crippen molar-refractivity contribution in [1.29, 1.82) is 0 Å². The minimum atomic E-state index is 0.114. The Balaban J connectivity index is 2.27. The van der Waals surface area contributed by atoms with Crippen LogP contribution in [0.1, 0.15) is 12.0 Å². The fourth-order valence-electron chi connectivity index (χ4n) is 1.25. The highest BCUT2D eigenvalue weighted by Crippen LogP contribution is 1.99. The first-order valence-corrected chi connectivity index (χ1v) is 4.79. The van der Waals surface area contributed by atoms with Crippen LogP contribution in [0.25, 0.3) is 0 Å². The van der Waals surface area contributed by atoms with Crippen molar-refractivity contribution in [2.45, 2.75) is 12.8 Å². The zero-order valence-corrected chi connectivity index (χ0v) is 8.49. The van der Waals surface area contributed by atoms with Crippen molar-refractivity contribution >= 4 is 5.91 Å². The molecule has 0 radical (unpaired) electrons. The van der Waals surface area contributed by atoms with Crippen molar-refractivity contribution in [3.63, 3.8) is 0 Å². The quantitative estimate of drug-likeness (QED) is 0.712. The Morgan fingerprint density at radius 3 is 3.00 bits per heavy atom. The van der Waals surface area contributed by atoms with Gasteiger partial charge in [-0.2, -0.15) is 0 Å². The molecule has 0 saturated carbocycles. The number of nitrogens with two attached hydrogens (primary N) is 1. The second-order valence-corrected chi connectivity index (χ2v) is 3.32. The highest BCUT2D eigenvalue weighted by atomic mass is 16.2. The van der Waals surface area contributed by atoms with Crippen molar-refractivity contribution in [1.82, 2.24) is 9.88 Å². The number of nitrogens with zero attached hydrogens (tertiary/aromatic N) is 1. The summed E-state index contributed by atoms with van der Waals surface area (Å²) in [5, 5.41) is 0. The van der Waals surface area contributed by atoms with Crippen molar-refractivity contribution in [2.24, 2.45) is 5.73 Å². The molecule has 0 aliphatic heterocycles. The molecular weight excluding hydrogens is 178 g/mol. The van der Waals surface area contributed by atoms with Crippen molar-refractivity contribution < 1.29 is 4.79 Å². The molecule has 0 aromatic carbocycles. The minimum Gasteiger partial charge on any atom is -0.367 e. The van der Waals surface area contributed by atoms with Crippen molar-refractivity contribution in [2.75, 3.05) is 20.1 Å². The van der Waals surface area contributed by atoms with E-state index in [0.717, 1.165) is 13.0 Å². The lowest BCUT2D eigenvalue weighted by Gasteiger charge is -2.15. The van der Waals surface area contributed by atoms with Crippen LogP contribution in [0.3, 0.4) is 0 Å². The first-order valence-electron chi connectivity index (χ1n) is 4.79. The molecule has 1 amide bonds. The first-order chi connectivity index (χ1) is 6.74. The normalized spacial score (nSPS) is 10.1. The van der Waals surface area contributed by atoms with E-state index in [2.05, 4.69) is 4.98 Å². The summed E-state index contributed by atoms with van der Waals surface area (Å²) in [6.45, 7) is 1.17. The SMILES string of the molecule is CN(CCc1cc[nH]c1)C(=O)CCN. The average Bonchev–Trinajstić information content (AvgIpc) is 2.67. The lowest BCUT2D eigenvalue weighted by atomic mass is 10.2. The standard InChI is InChI=1S/C10H17N3O/c1-13(10(14)2-5-11)7-4-9-3-6-12-8-9/h3,6,8,12H,2,4-5,7,11H2,1H3. The third-order valence-corrected chi connectivity index (χ3v) is 2.18. The smallest absolute Gasteiger partial charge is 0.223 e. The van der Waals surface area contributed by atoms with Crippen LogP contribution in [0.4, 0.5) is 0 Å². The number of amides is 1. The molecule has 4 heteroatoms. The van der Waals surface area contributed by atoms with E-state index in [0.29, 0.717) is 13.0 Å². The van der Waals surface area contributed by atoms with E-state index in [1.807, 2.05) is 25.5 Å². The molecule has 0 atom stereocenters. The van der Waals surface area contributed by atoms with E-state index in [1.54, 1.807) is 4.90 Å². The average molecular weight is 195 g/mol. The first kappa shape index (κ1) is 10.8. The van der Waals surface area contributed by atoms with Gasteiger partial charge in [0.1, 0.15) is 0 Å². The zero-order chi connectivity index (χ0) is 10.4. The predicted octanol–water partition coefficient (Wildman–Crippen LogP) is 0.364. The molecule has 0 bridgehead atoms. The molecule has 1 rings (SSSR count). The lowest BCUT2D eigenvalue weighted by molar-refractivity contribution is -0.129. The molecule has 3 N–H and O–H groups in total. The van der Waals surface area contributed by atoms with Gasteiger partial charge in [0.2, 0.25) is 5.91 Å². The molecule has 0 spiro atoms. The summed E-state index contributed by atoms with van der Waals surface area (Å²) in [5.41, 5.74) is 6.53. The summed E-state index contributed by atoms with van der Waals surface area (Å²) in [6.07, 6.45) is 5.15. The van der Waals surface area contributed by atoms with Crippen LogP contribution in [-0.2, 0) is 11.2 Å². The third kappa shape index (κ3) is 3.22. The number of carbonyl (C=O) groups excluding carboxylic acids is 1. The Hall–Kier alpha value is -1.29. The van der Waals surface area contributed by atoms with Crippen LogP contribution >= 0.6 is 0 Å². The van der Waals surface area contributed by atoms with Crippen LogP contribution in [0.2, 0.25) is 0 Å². The Kier molecular flexibility index (Phi) is 4.19. The zero-order valence-electron chi connectivity index (χ0n) is 8.49. The van der Waals surface area contributed by atoms with Gasteiger partial charge in [-0.1, -0.05) is 0 Å². The van der Waals surface area contributed by atoms with Gasteiger partial charge in [0.15, 0.2) is 0 Å². The monoisotopic (exact) mass is 195 g/mol. The van der Waals surface area contributed by atoms with Crippen molar-refractivity contribution in [3.05, 3.63) is 24.0 Å². The van der Waals surface area contributed by atoms with E-state index in [1.165, 1.54) is 5.56 Å². The van der Waals surface area contributed by atoms with E-state index < -0.39 is 0 Å². The molecule has 0 saturated heterocycles. The molecule has 0 aliphatic carbocycles. The summed E-state index contributed by atoms with van der Waals surface area (Å²) < 4.78 is 0. The summed E-state index contributed by atoms with van der Waals surface area (Å²) in [7, 11) is 1.81. The number of carbonyl (C=O) groups is 1. The Bertz CT molecular complexity index is 269. The van der Waals surface area contributed by atoms with Gasteiger partial charge in [-0.3, -0.25) is 4.79 Å². The number of likely N-dealkylation sites (N-methyl/N-ethyl adjacent to an activating group) is 1. The van der Waals surface area contributed by atoms with E-state index in [4.69, 9.17) is 5.73 Å². The van der Waals surface area contributed by atoms with Gasteiger partial charge in [0, 0.05) is 39.0 Å². The topological polar surface area (TPSA) is 62.1 Å². The molecule has 1 heterocycles. The lowest BCUT2D eigenvalue weighted by Crippen LogP contribution is -2.30. The van der Waals surface area contributed by atoms with Crippen molar-refractivity contribution in [3.8, 4) is 0 Å². The van der Waals surface area contributed by atoms with Crippen LogP contribution < -0.4 is 5.73 Å². The number of aromatic nitrogens is 1. The highest BCUT2D eigenvalue weighted by Gasteiger charge is 2.06. The molecular formula is C10H17N3O. The van der Waals surface area contributed by atoms with Crippen LogP contribution in [0.15, 0.2) is 18.5 Å². The number of hydrogen-bond donors (Lipinski definition) is 2. The maximum absolute atomic E-state index is 11.3. The Labute approximate surface area is 84.1 Å². The van der Waals surface area contributed by atoms with Crippen LogP contribution in [0.5, 0.6) is 0 Å². The van der Waals surface area contributed by atoms with Gasteiger partial charge >= 0.3 is 0 Å². The molecule has 1 aromatic heterocycles. The van der Waals surface area contributed by atoms with Crippen LogP contribution in [0, 0.1) is 0 Å². The molecule has 0 fully saturated rings. The third-order valence-electron chi connectivity index (χ3n) is 2.18. The fraction of sp³-hybridized carbons (Fsp3) is 0.500. The Morgan fingerprint density at radius 1 is 1.64 bits per heavy atom. The number of hydrogen-bond acceptors (Lipinski definition) is 2. The van der Waals surface area contributed by atoms with E-state index >= 15 is 0 Å². The second-order valence-electron chi connectivity index (χ2n) is 3.32. The summed E-state index contributed by atoms with van der Waals surface area (Å²) in [6, 6.07) is 2.02. The van der Waals surface area contributed by atoms with Crippen LogP contribution in [-0.4, -0.2) is 35.9 Å². The molecule has 78 valence electrons. The summed E-state index contributed by atoms with van der Waals surface area (Å²) in [4.78, 5) is 16.0. The number of nitrogens with one attached hydrogen (secondary N) is 1. The minimum absolute atomic E-state index is 0.114. The summed E-state index contributed by atoms with van der Waals surface area (Å²) in [5.74, 6) is 0.114. The number of rotatable bonds is 5. The number of H-pyrrole nitrogens is 1. The van der Waals surface area contributed by atoms with Gasteiger partial charge in [-0.15, -0.1) is 0 Å². The Morgan fingerprint density at radius 2 is 2.43 bits per heavy atom. The van der Waals surface area contributed by atoms with E-state index in [9.17, 15) is 4.79 Å². The highest BCUT2D eigenvalue weighted by molar-refractivity contribution is 5.76. The molecule has 0 unspecified atom stereocenters.